The summed E-state index contributed by atoms with van der Waals surface area (Å²) in [5, 5.41) is 0. The molecule has 0 unspecified atom stereocenters. The second-order valence-corrected chi connectivity index (χ2v) is 5.66. The first-order valence-corrected chi connectivity index (χ1v) is 6.71. The largest absolute Gasteiger partial charge is 0.356 e. The molecule has 1 aromatic heterocycles. The van der Waals surface area contributed by atoms with Crippen LogP contribution in [0.5, 0.6) is 0 Å². The number of aromatic nitrogens is 2. The van der Waals surface area contributed by atoms with E-state index in [9.17, 15) is 0 Å². The van der Waals surface area contributed by atoms with Gasteiger partial charge in [-0.2, -0.15) is 0 Å². The van der Waals surface area contributed by atoms with Crippen LogP contribution in [0.15, 0.2) is 6.20 Å². The van der Waals surface area contributed by atoms with Gasteiger partial charge < -0.3 is 10.6 Å². The van der Waals surface area contributed by atoms with Gasteiger partial charge in [-0.05, 0) is 18.8 Å². The first kappa shape index (κ1) is 14.9. The highest BCUT2D eigenvalue weighted by Crippen LogP contribution is 2.19. The zero-order chi connectivity index (χ0) is 13.7. The molecule has 1 aromatic rings. The van der Waals surface area contributed by atoms with E-state index < -0.39 is 0 Å². The van der Waals surface area contributed by atoms with Crippen LogP contribution in [0.3, 0.4) is 0 Å². The molecular formula is C14H26N4. The van der Waals surface area contributed by atoms with Crippen LogP contribution >= 0.6 is 0 Å². The van der Waals surface area contributed by atoms with Crippen molar-refractivity contribution in [2.75, 3.05) is 18.0 Å². The van der Waals surface area contributed by atoms with E-state index in [1.807, 2.05) is 13.1 Å². The summed E-state index contributed by atoms with van der Waals surface area (Å²) in [5.74, 6) is 3.02. The summed E-state index contributed by atoms with van der Waals surface area (Å²) in [6.07, 6.45) is 1.85. The molecule has 0 bridgehead atoms. The number of aryl methyl sites for hydroxylation is 1. The van der Waals surface area contributed by atoms with Crippen molar-refractivity contribution >= 4 is 5.82 Å². The fourth-order valence-electron chi connectivity index (χ4n) is 2.03. The summed E-state index contributed by atoms with van der Waals surface area (Å²) in [6, 6.07) is 0. The van der Waals surface area contributed by atoms with Crippen molar-refractivity contribution in [2.24, 2.45) is 17.6 Å². The van der Waals surface area contributed by atoms with Crippen LogP contribution in [0.25, 0.3) is 0 Å². The summed E-state index contributed by atoms with van der Waals surface area (Å²) in [6.45, 7) is 13.3. The monoisotopic (exact) mass is 250 g/mol. The van der Waals surface area contributed by atoms with Crippen molar-refractivity contribution in [1.29, 1.82) is 0 Å². The number of anilines is 1. The predicted molar refractivity (Wildman–Crippen MR) is 76.5 cm³/mol. The Hall–Kier alpha value is -1.16. The van der Waals surface area contributed by atoms with Gasteiger partial charge in [-0.15, -0.1) is 0 Å². The first-order chi connectivity index (χ1) is 8.43. The molecule has 4 nitrogen and oxygen atoms in total. The van der Waals surface area contributed by atoms with Gasteiger partial charge in [0.05, 0.1) is 0 Å². The molecule has 4 heteroatoms. The van der Waals surface area contributed by atoms with Gasteiger partial charge in [0, 0.05) is 31.4 Å². The van der Waals surface area contributed by atoms with Crippen LogP contribution in [0, 0.1) is 18.8 Å². The molecule has 0 saturated carbocycles. The molecule has 1 heterocycles. The lowest BCUT2D eigenvalue weighted by molar-refractivity contribution is 0.546. The third-order valence-corrected chi connectivity index (χ3v) is 2.65. The zero-order valence-corrected chi connectivity index (χ0v) is 12.3. The van der Waals surface area contributed by atoms with E-state index in [1.54, 1.807) is 0 Å². The van der Waals surface area contributed by atoms with E-state index in [-0.39, 0.29) is 0 Å². The summed E-state index contributed by atoms with van der Waals surface area (Å²) in [5.41, 5.74) is 6.82. The first-order valence-electron chi connectivity index (χ1n) is 6.71. The Morgan fingerprint density at radius 1 is 1.17 bits per heavy atom. The summed E-state index contributed by atoms with van der Waals surface area (Å²) >= 11 is 0. The highest BCUT2D eigenvalue weighted by atomic mass is 15.2. The van der Waals surface area contributed by atoms with Crippen LogP contribution in [0.1, 0.15) is 39.1 Å². The smallest absolute Gasteiger partial charge is 0.136 e. The van der Waals surface area contributed by atoms with Gasteiger partial charge in [0.1, 0.15) is 11.6 Å². The molecule has 0 aliphatic carbocycles. The lowest BCUT2D eigenvalue weighted by atomic mass is 10.1. The summed E-state index contributed by atoms with van der Waals surface area (Å²) in [7, 11) is 0. The topological polar surface area (TPSA) is 55.0 Å². The van der Waals surface area contributed by atoms with Crippen molar-refractivity contribution < 1.29 is 0 Å². The second kappa shape index (κ2) is 6.69. The van der Waals surface area contributed by atoms with Gasteiger partial charge in [0.15, 0.2) is 0 Å². The summed E-state index contributed by atoms with van der Waals surface area (Å²) in [4.78, 5) is 11.2. The molecule has 0 aliphatic heterocycles. The van der Waals surface area contributed by atoms with E-state index in [0.29, 0.717) is 18.4 Å². The number of nitrogens with zero attached hydrogens (tertiary/aromatic N) is 3. The maximum absolute atomic E-state index is 5.79. The zero-order valence-electron chi connectivity index (χ0n) is 12.3. The fourth-order valence-corrected chi connectivity index (χ4v) is 2.03. The van der Waals surface area contributed by atoms with E-state index in [4.69, 9.17) is 5.73 Å². The van der Waals surface area contributed by atoms with Crippen molar-refractivity contribution in [1.82, 2.24) is 9.97 Å². The van der Waals surface area contributed by atoms with Crippen LogP contribution in [0.4, 0.5) is 5.82 Å². The molecule has 0 spiro atoms. The lowest BCUT2D eigenvalue weighted by Crippen LogP contribution is -2.33. The van der Waals surface area contributed by atoms with E-state index in [0.717, 1.165) is 30.3 Å². The Morgan fingerprint density at radius 2 is 1.72 bits per heavy atom. The third-order valence-electron chi connectivity index (χ3n) is 2.65. The lowest BCUT2D eigenvalue weighted by Gasteiger charge is -2.29. The molecule has 18 heavy (non-hydrogen) atoms. The maximum atomic E-state index is 5.79. The van der Waals surface area contributed by atoms with Gasteiger partial charge in [-0.1, -0.05) is 27.7 Å². The van der Waals surface area contributed by atoms with Crippen LogP contribution < -0.4 is 10.6 Å². The van der Waals surface area contributed by atoms with Gasteiger partial charge in [0.25, 0.3) is 0 Å². The molecule has 102 valence electrons. The Balaban J connectivity index is 3.05. The highest BCUT2D eigenvalue weighted by molar-refractivity contribution is 5.46. The number of hydrogen-bond donors (Lipinski definition) is 1. The number of nitrogens with two attached hydrogens (primary N) is 1. The van der Waals surface area contributed by atoms with Crippen LogP contribution in [-0.4, -0.2) is 23.1 Å². The average molecular weight is 250 g/mol. The maximum Gasteiger partial charge on any atom is 0.136 e. The van der Waals surface area contributed by atoms with Crippen LogP contribution in [-0.2, 0) is 6.54 Å². The van der Waals surface area contributed by atoms with Crippen molar-refractivity contribution in [3.05, 3.63) is 17.6 Å². The van der Waals surface area contributed by atoms with E-state index >= 15 is 0 Å². The Morgan fingerprint density at radius 3 is 2.17 bits per heavy atom. The standard InChI is InChI=1S/C14H26N4/c1-10(2)8-18(9-11(3)4)14-13(6-15)7-16-12(5)17-14/h7,10-11H,6,8-9,15H2,1-5H3. The molecule has 0 fully saturated rings. The van der Waals surface area contributed by atoms with Crippen molar-refractivity contribution in [2.45, 2.75) is 41.2 Å². The molecule has 1 rings (SSSR count). The predicted octanol–water partition coefficient (Wildman–Crippen LogP) is 2.36. The molecule has 0 amide bonds. The quantitative estimate of drug-likeness (QED) is 0.842. The Kier molecular flexibility index (Phi) is 5.54. The second-order valence-electron chi connectivity index (χ2n) is 5.66. The third kappa shape index (κ3) is 4.26. The molecule has 0 atom stereocenters. The van der Waals surface area contributed by atoms with Gasteiger partial charge in [-0.3, -0.25) is 0 Å². The van der Waals surface area contributed by atoms with Crippen molar-refractivity contribution in [3.63, 3.8) is 0 Å². The minimum absolute atomic E-state index is 0.488. The molecule has 0 radical (unpaired) electrons. The molecule has 2 N–H and O–H groups in total. The minimum Gasteiger partial charge on any atom is -0.356 e. The highest BCUT2D eigenvalue weighted by Gasteiger charge is 2.15. The summed E-state index contributed by atoms with van der Waals surface area (Å²) < 4.78 is 0. The molecule has 0 aromatic carbocycles. The Labute approximate surface area is 111 Å². The fraction of sp³-hybridized carbons (Fsp3) is 0.714. The molecule has 0 saturated heterocycles. The molecule has 0 aliphatic rings. The average Bonchev–Trinajstić information content (AvgIpc) is 2.26. The number of rotatable bonds is 6. The van der Waals surface area contributed by atoms with Gasteiger partial charge >= 0.3 is 0 Å². The van der Waals surface area contributed by atoms with Crippen LogP contribution in [0.2, 0.25) is 0 Å². The number of hydrogen-bond acceptors (Lipinski definition) is 4. The Bertz CT molecular complexity index is 364. The van der Waals surface area contributed by atoms with E-state index in [2.05, 4.69) is 42.6 Å². The van der Waals surface area contributed by atoms with Gasteiger partial charge in [-0.25, -0.2) is 9.97 Å². The van der Waals surface area contributed by atoms with Crippen molar-refractivity contribution in [3.8, 4) is 0 Å². The van der Waals surface area contributed by atoms with Gasteiger partial charge in [0.2, 0.25) is 0 Å². The minimum atomic E-state index is 0.488. The molecular weight excluding hydrogens is 224 g/mol. The normalized spacial score (nSPS) is 11.3. The van der Waals surface area contributed by atoms with E-state index in [1.165, 1.54) is 0 Å². The SMILES string of the molecule is Cc1ncc(CN)c(N(CC(C)C)CC(C)C)n1.